The van der Waals surface area contributed by atoms with Crippen LogP contribution in [0, 0.1) is 18.6 Å². The van der Waals surface area contributed by atoms with Gasteiger partial charge in [0.1, 0.15) is 4.90 Å². The van der Waals surface area contributed by atoms with Crippen LogP contribution in [-0.4, -0.2) is 8.42 Å². The van der Waals surface area contributed by atoms with Crippen molar-refractivity contribution in [3.05, 3.63) is 59.7 Å². The molecule has 2 rings (SSSR count). The Kier molecular flexibility index (Phi) is 3.53. The Balaban J connectivity index is 2.39. The van der Waals surface area contributed by atoms with E-state index in [1.165, 1.54) is 12.1 Å². The van der Waals surface area contributed by atoms with Crippen molar-refractivity contribution < 1.29 is 21.4 Å². The van der Waals surface area contributed by atoms with Crippen molar-refractivity contribution in [1.82, 2.24) is 0 Å². The van der Waals surface area contributed by atoms with Crippen LogP contribution in [0.4, 0.5) is 8.78 Å². The van der Waals surface area contributed by atoms with Crippen LogP contribution in [0.3, 0.4) is 0 Å². The Morgan fingerprint density at radius 2 is 1.47 bits per heavy atom. The Bertz CT molecular complexity index is 674. The quantitative estimate of drug-likeness (QED) is 0.814. The standard InChI is InChI=1S/C13H10F2O3S/c1-9-5-7-10(8-6-9)19(16,17)18-13-11(14)3-2-4-12(13)15/h2-8H,1H3. The molecule has 0 fully saturated rings. The Morgan fingerprint density at radius 1 is 0.947 bits per heavy atom. The van der Waals surface area contributed by atoms with Gasteiger partial charge < -0.3 is 4.18 Å². The van der Waals surface area contributed by atoms with E-state index in [9.17, 15) is 17.2 Å². The maximum absolute atomic E-state index is 13.3. The highest BCUT2D eigenvalue weighted by atomic mass is 32.2. The summed E-state index contributed by atoms with van der Waals surface area (Å²) in [6.07, 6.45) is 0. The lowest BCUT2D eigenvalue weighted by Gasteiger charge is -2.08. The third kappa shape index (κ3) is 2.90. The summed E-state index contributed by atoms with van der Waals surface area (Å²) in [5.41, 5.74) is 0.857. The monoisotopic (exact) mass is 284 g/mol. The van der Waals surface area contributed by atoms with E-state index < -0.39 is 27.5 Å². The minimum absolute atomic E-state index is 0.166. The molecule has 0 spiro atoms. The van der Waals surface area contributed by atoms with Crippen LogP contribution < -0.4 is 4.18 Å². The molecule has 6 heteroatoms. The molecule has 0 unspecified atom stereocenters. The van der Waals surface area contributed by atoms with Gasteiger partial charge in [-0.15, -0.1) is 0 Å². The summed E-state index contributed by atoms with van der Waals surface area (Å²) in [6.45, 7) is 1.79. The molecule has 0 atom stereocenters. The predicted molar refractivity (Wildman–Crippen MR) is 65.4 cm³/mol. The topological polar surface area (TPSA) is 43.4 Å². The van der Waals surface area contributed by atoms with E-state index in [1.807, 2.05) is 0 Å². The van der Waals surface area contributed by atoms with E-state index in [-0.39, 0.29) is 4.90 Å². The summed E-state index contributed by atoms with van der Waals surface area (Å²) in [7, 11) is -4.26. The molecule has 2 aromatic rings. The number of hydrogen-bond acceptors (Lipinski definition) is 3. The molecule has 0 aliphatic carbocycles. The lowest BCUT2D eigenvalue weighted by molar-refractivity contribution is 0.434. The van der Waals surface area contributed by atoms with Crippen LogP contribution in [0.15, 0.2) is 47.4 Å². The zero-order valence-corrected chi connectivity index (χ0v) is 10.7. The normalized spacial score (nSPS) is 11.3. The second kappa shape index (κ2) is 4.97. The number of benzene rings is 2. The number of halogens is 2. The van der Waals surface area contributed by atoms with Crippen LogP contribution in [0.2, 0.25) is 0 Å². The molecular weight excluding hydrogens is 274 g/mol. The number of hydrogen-bond donors (Lipinski definition) is 0. The third-order valence-corrected chi connectivity index (χ3v) is 3.66. The first-order valence-electron chi connectivity index (χ1n) is 5.35. The lowest BCUT2D eigenvalue weighted by Crippen LogP contribution is -2.11. The maximum atomic E-state index is 13.3. The van der Waals surface area contributed by atoms with Gasteiger partial charge in [-0.1, -0.05) is 23.8 Å². The zero-order valence-electron chi connectivity index (χ0n) is 9.93. The van der Waals surface area contributed by atoms with E-state index in [2.05, 4.69) is 4.18 Å². The molecule has 2 aromatic carbocycles. The molecule has 0 bridgehead atoms. The van der Waals surface area contributed by atoms with Gasteiger partial charge in [-0.3, -0.25) is 0 Å². The molecule has 3 nitrogen and oxygen atoms in total. The van der Waals surface area contributed by atoms with Crippen molar-refractivity contribution in [1.29, 1.82) is 0 Å². The average molecular weight is 284 g/mol. The highest BCUT2D eigenvalue weighted by molar-refractivity contribution is 7.87. The van der Waals surface area contributed by atoms with Crippen LogP contribution in [-0.2, 0) is 10.1 Å². The smallest absolute Gasteiger partial charge is 0.339 e. The summed E-state index contributed by atoms with van der Waals surface area (Å²) in [5.74, 6) is -3.07. The van der Waals surface area contributed by atoms with Crippen LogP contribution >= 0.6 is 0 Å². The molecule has 19 heavy (non-hydrogen) atoms. The van der Waals surface area contributed by atoms with Crippen LogP contribution in [0.1, 0.15) is 5.56 Å². The Morgan fingerprint density at radius 3 is 2.00 bits per heavy atom. The zero-order chi connectivity index (χ0) is 14.0. The van der Waals surface area contributed by atoms with Crippen molar-refractivity contribution in [2.45, 2.75) is 11.8 Å². The van der Waals surface area contributed by atoms with Crippen LogP contribution in [0.25, 0.3) is 0 Å². The average Bonchev–Trinajstić information content (AvgIpc) is 2.35. The highest BCUT2D eigenvalue weighted by Gasteiger charge is 2.21. The fraction of sp³-hybridized carbons (Fsp3) is 0.0769. The first-order chi connectivity index (χ1) is 8.90. The second-order valence-corrected chi connectivity index (χ2v) is 5.45. The molecule has 100 valence electrons. The van der Waals surface area contributed by atoms with Gasteiger partial charge in [0, 0.05) is 0 Å². The maximum Gasteiger partial charge on any atom is 0.339 e. The van der Waals surface area contributed by atoms with Crippen molar-refractivity contribution in [2.75, 3.05) is 0 Å². The van der Waals surface area contributed by atoms with Crippen LogP contribution in [0.5, 0.6) is 5.75 Å². The van der Waals surface area contributed by atoms with E-state index in [1.54, 1.807) is 19.1 Å². The highest BCUT2D eigenvalue weighted by Crippen LogP contribution is 2.25. The van der Waals surface area contributed by atoms with E-state index in [0.717, 1.165) is 23.8 Å². The van der Waals surface area contributed by atoms with Crippen molar-refractivity contribution in [3.63, 3.8) is 0 Å². The third-order valence-electron chi connectivity index (χ3n) is 2.42. The van der Waals surface area contributed by atoms with Gasteiger partial charge in [0.05, 0.1) is 0 Å². The van der Waals surface area contributed by atoms with Crippen molar-refractivity contribution in [3.8, 4) is 5.75 Å². The molecule has 0 saturated carbocycles. The lowest BCUT2D eigenvalue weighted by atomic mass is 10.2. The summed E-state index contributed by atoms with van der Waals surface area (Å²) in [6, 6.07) is 8.71. The predicted octanol–water partition coefficient (Wildman–Crippen LogP) is 3.04. The summed E-state index contributed by atoms with van der Waals surface area (Å²) in [5, 5.41) is 0. The van der Waals surface area contributed by atoms with Gasteiger partial charge in [0.2, 0.25) is 5.75 Å². The Hall–Kier alpha value is -1.95. The molecule has 0 N–H and O–H groups in total. The summed E-state index contributed by atoms with van der Waals surface area (Å²) >= 11 is 0. The minimum Gasteiger partial charge on any atom is -0.373 e. The van der Waals surface area contributed by atoms with Crippen molar-refractivity contribution >= 4 is 10.1 Å². The SMILES string of the molecule is Cc1ccc(S(=O)(=O)Oc2c(F)cccc2F)cc1. The van der Waals surface area contributed by atoms with E-state index in [0.29, 0.717) is 0 Å². The van der Waals surface area contributed by atoms with Gasteiger partial charge in [-0.2, -0.15) is 8.42 Å². The molecule has 0 aliphatic heterocycles. The number of para-hydroxylation sites is 1. The fourth-order valence-electron chi connectivity index (χ4n) is 1.42. The molecule has 0 amide bonds. The van der Waals surface area contributed by atoms with E-state index >= 15 is 0 Å². The summed E-state index contributed by atoms with van der Waals surface area (Å²) in [4.78, 5) is -0.166. The minimum atomic E-state index is -4.26. The van der Waals surface area contributed by atoms with Gasteiger partial charge in [0.25, 0.3) is 0 Å². The molecule has 0 heterocycles. The van der Waals surface area contributed by atoms with Gasteiger partial charge in [-0.05, 0) is 31.2 Å². The first-order valence-corrected chi connectivity index (χ1v) is 6.76. The molecular formula is C13H10F2O3S. The van der Waals surface area contributed by atoms with Gasteiger partial charge >= 0.3 is 10.1 Å². The first kappa shape index (κ1) is 13.5. The van der Waals surface area contributed by atoms with Gasteiger partial charge in [0.15, 0.2) is 11.6 Å². The molecule has 0 aliphatic rings. The molecule has 0 saturated heterocycles. The second-order valence-electron chi connectivity index (χ2n) is 3.90. The Labute approximate surface area is 109 Å². The van der Waals surface area contributed by atoms with E-state index in [4.69, 9.17) is 0 Å². The van der Waals surface area contributed by atoms with Gasteiger partial charge in [-0.25, -0.2) is 8.78 Å². The molecule has 0 aromatic heterocycles. The molecule has 0 radical (unpaired) electrons. The number of aryl methyl sites for hydroxylation is 1. The summed E-state index contributed by atoms with van der Waals surface area (Å²) < 4.78 is 54.9. The largest absolute Gasteiger partial charge is 0.373 e. The fourth-order valence-corrected chi connectivity index (χ4v) is 2.37. The number of rotatable bonds is 3. The van der Waals surface area contributed by atoms with Crippen molar-refractivity contribution in [2.24, 2.45) is 0 Å².